The third-order valence-corrected chi connectivity index (χ3v) is 8.49. The fourth-order valence-corrected chi connectivity index (χ4v) is 6.73. The summed E-state index contributed by atoms with van der Waals surface area (Å²) in [5, 5.41) is 23.0. The number of ketones is 1. The topological polar surface area (TPSA) is 216 Å². The Morgan fingerprint density at radius 2 is 2.09 bits per heavy atom. The average Bonchev–Trinajstić information content (AvgIpc) is 3.33. The van der Waals surface area contributed by atoms with Crippen molar-refractivity contribution in [3.05, 3.63) is 11.1 Å². The number of carbonyl (C=O) groups is 5. The molecule has 1 amide bonds. The summed E-state index contributed by atoms with van der Waals surface area (Å²) in [5.41, 5.74) is 1.15. The van der Waals surface area contributed by atoms with Gasteiger partial charge in [0.15, 0.2) is 16.6 Å². The predicted molar refractivity (Wildman–Crippen MR) is 117 cm³/mol. The van der Waals surface area contributed by atoms with Gasteiger partial charge in [-0.2, -0.15) is 0 Å². The first kappa shape index (κ1) is 24.7. The number of nitrogen functional groups attached to an aromatic ring is 1. The minimum absolute atomic E-state index is 0.0149. The maximum atomic E-state index is 13.2. The molecular weight excluding hydrogens is 508 g/mol. The van der Waals surface area contributed by atoms with Crippen LogP contribution in [0.15, 0.2) is 10.5 Å². The van der Waals surface area contributed by atoms with Crippen molar-refractivity contribution in [3.8, 4) is 0 Å². The van der Waals surface area contributed by atoms with Gasteiger partial charge in [-0.05, 0) is 13.8 Å². The smallest absolute Gasteiger partial charge is 0.370 e. The van der Waals surface area contributed by atoms with Crippen LogP contribution in [0.3, 0.4) is 0 Å². The molecule has 5 atom stereocenters. The Balaban J connectivity index is 1.61. The fourth-order valence-electron chi connectivity index (χ4n) is 4.17. The molecule has 0 aliphatic carbocycles. The lowest BCUT2D eigenvalue weighted by atomic mass is 9.84. The number of fused-ring (bicyclic) bond motifs is 3. The van der Waals surface area contributed by atoms with Crippen molar-refractivity contribution in [1.82, 2.24) is 9.88 Å². The van der Waals surface area contributed by atoms with Gasteiger partial charge in [-0.15, -0.1) is 11.3 Å². The Morgan fingerprint density at radius 3 is 2.66 bits per heavy atom. The molecule has 4 rings (SSSR count). The summed E-state index contributed by atoms with van der Waals surface area (Å²) in [7, 11) is -1.77. The summed E-state index contributed by atoms with van der Waals surface area (Å²) in [5.74, 6) is -7.71. The second-order valence-electron chi connectivity index (χ2n) is 8.67. The number of nitrogens with two attached hydrogens (primary N) is 1. The number of aromatic nitrogens is 1. The molecule has 0 radical (unpaired) electrons. The summed E-state index contributed by atoms with van der Waals surface area (Å²) in [6.07, 6.45) is -0.843. The lowest BCUT2D eigenvalue weighted by molar-refractivity contribution is -0.220. The van der Waals surface area contributed by atoms with Crippen molar-refractivity contribution >= 4 is 62.6 Å². The van der Waals surface area contributed by atoms with Gasteiger partial charge in [0, 0.05) is 28.4 Å². The molecule has 1 aromatic rings. The number of thiazole rings is 1. The highest BCUT2D eigenvalue weighted by molar-refractivity contribution is 7.85. The van der Waals surface area contributed by atoms with Crippen LogP contribution in [0.1, 0.15) is 32.4 Å². The summed E-state index contributed by atoms with van der Waals surface area (Å²) in [6, 6.07) is 0. The molecule has 3 saturated heterocycles. The van der Waals surface area contributed by atoms with E-state index in [1.807, 2.05) is 0 Å². The van der Waals surface area contributed by atoms with E-state index in [1.165, 1.54) is 19.2 Å². The highest BCUT2D eigenvalue weighted by Crippen LogP contribution is 2.50. The first-order chi connectivity index (χ1) is 16.3. The number of carboxylic acids is 2. The van der Waals surface area contributed by atoms with Gasteiger partial charge in [-0.25, -0.2) is 14.6 Å². The van der Waals surface area contributed by atoms with Crippen LogP contribution in [-0.2, 0) is 44.3 Å². The van der Waals surface area contributed by atoms with Crippen LogP contribution in [0.2, 0.25) is 0 Å². The first-order valence-electron chi connectivity index (χ1n) is 10.2. The SMILES string of the molecule is CC(C)(O/N=C(\C(=O)C[C@@H]1C(=O)N2[C@@H]1[S@](=O)C[C@@H]1CC(=O)O[C@@]12C(=O)O)c1csc(N)n1)C(=O)O. The number of aliphatic carboxylic acids is 2. The Kier molecular flexibility index (Phi) is 5.91. The van der Waals surface area contributed by atoms with Gasteiger partial charge >= 0.3 is 17.9 Å². The maximum absolute atomic E-state index is 13.2. The fraction of sp³-hybridized carbons (Fsp3) is 0.526. The van der Waals surface area contributed by atoms with Crippen LogP contribution in [0.25, 0.3) is 0 Å². The third-order valence-electron chi connectivity index (χ3n) is 6.00. The number of nitrogens with zero attached hydrogens (tertiary/aromatic N) is 3. The zero-order valence-corrected chi connectivity index (χ0v) is 20.0. The largest absolute Gasteiger partial charge is 0.478 e. The Labute approximate surface area is 203 Å². The van der Waals surface area contributed by atoms with Crippen LogP contribution < -0.4 is 5.73 Å². The van der Waals surface area contributed by atoms with Gasteiger partial charge in [0.1, 0.15) is 11.1 Å². The second-order valence-corrected chi connectivity index (χ2v) is 11.1. The standard InChI is InChI=1S/C19H20N4O10S2/c1-18(2,15(27)28)33-22-12(9-5-34-17(20)21-9)10(24)4-8-13(26)23-14(8)35(31)6-7-3-11(25)32-19(7,23)16(29)30/h5,7-8,14H,3-4,6H2,1-2H3,(H2,20,21)(H,27,28)(H,29,30)/b22-12-/t7-,8+,14+,19+,35+/m0/s1. The number of esters is 1. The molecule has 4 N–H and O–H groups in total. The summed E-state index contributed by atoms with van der Waals surface area (Å²) in [4.78, 5) is 71.2. The number of carbonyl (C=O) groups excluding carboxylic acids is 3. The molecule has 0 saturated carbocycles. The minimum atomic E-state index is -2.26. The number of carboxylic acid groups (broad SMARTS) is 2. The molecule has 0 bridgehead atoms. The predicted octanol–water partition coefficient (Wildman–Crippen LogP) is -0.841. The Bertz CT molecular complexity index is 1210. The van der Waals surface area contributed by atoms with Crippen LogP contribution in [0.4, 0.5) is 5.13 Å². The molecule has 4 heterocycles. The number of hydrogen-bond donors (Lipinski definition) is 3. The zero-order chi connectivity index (χ0) is 25.9. The Hall–Kier alpha value is -3.40. The van der Waals surface area contributed by atoms with Gasteiger partial charge in [0.05, 0.1) is 18.3 Å². The molecule has 0 spiro atoms. The molecule has 3 fully saturated rings. The average molecular weight is 529 g/mol. The minimum Gasteiger partial charge on any atom is -0.478 e. The molecule has 16 heteroatoms. The number of β-lactam (4-membered cyclic amide) rings is 1. The summed E-state index contributed by atoms with van der Waals surface area (Å²) in [6.45, 7) is 2.42. The molecule has 0 unspecified atom stereocenters. The number of Topliss-reactive ketones (excluding diaryl/α,β-unsaturated/α-hetero) is 1. The van der Waals surface area contributed by atoms with Crippen molar-refractivity contribution in [2.75, 3.05) is 11.5 Å². The van der Waals surface area contributed by atoms with Crippen LogP contribution in [-0.4, -0.2) is 82.1 Å². The molecule has 35 heavy (non-hydrogen) atoms. The number of anilines is 1. The number of ether oxygens (including phenoxy) is 1. The number of oxime groups is 1. The van der Waals surface area contributed by atoms with E-state index in [9.17, 15) is 38.4 Å². The lowest BCUT2D eigenvalue weighted by Crippen LogP contribution is -2.78. The zero-order valence-electron chi connectivity index (χ0n) is 18.3. The van der Waals surface area contributed by atoms with E-state index in [2.05, 4.69) is 10.1 Å². The van der Waals surface area contributed by atoms with Gasteiger partial charge < -0.3 is 25.5 Å². The molecule has 14 nitrogen and oxygen atoms in total. The monoisotopic (exact) mass is 528 g/mol. The third kappa shape index (κ3) is 3.85. The van der Waals surface area contributed by atoms with E-state index in [1.54, 1.807) is 0 Å². The van der Waals surface area contributed by atoms with E-state index in [-0.39, 0.29) is 23.0 Å². The molecule has 0 aromatic carbocycles. The van der Waals surface area contributed by atoms with E-state index < -0.39 is 81.1 Å². The highest BCUT2D eigenvalue weighted by atomic mass is 32.2. The van der Waals surface area contributed by atoms with Crippen molar-refractivity contribution in [2.24, 2.45) is 17.0 Å². The second kappa shape index (κ2) is 8.37. The van der Waals surface area contributed by atoms with E-state index >= 15 is 0 Å². The van der Waals surface area contributed by atoms with Crippen molar-refractivity contribution in [2.45, 2.75) is 43.4 Å². The van der Waals surface area contributed by atoms with Crippen molar-refractivity contribution in [1.29, 1.82) is 0 Å². The van der Waals surface area contributed by atoms with Gasteiger partial charge in [-0.1, -0.05) is 5.16 Å². The van der Waals surface area contributed by atoms with E-state index in [0.29, 0.717) is 0 Å². The van der Waals surface area contributed by atoms with Gasteiger partial charge in [0.2, 0.25) is 11.5 Å². The maximum Gasteiger partial charge on any atom is 0.370 e. The number of hydrogen-bond acceptors (Lipinski definition) is 12. The Morgan fingerprint density at radius 1 is 1.40 bits per heavy atom. The van der Waals surface area contributed by atoms with E-state index in [4.69, 9.17) is 15.3 Å². The molecular formula is C19H20N4O10S2. The van der Waals surface area contributed by atoms with Crippen LogP contribution in [0.5, 0.6) is 0 Å². The highest BCUT2D eigenvalue weighted by Gasteiger charge is 2.72. The first-order valence-corrected chi connectivity index (χ1v) is 12.5. The molecule has 188 valence electrons. The molecule has 3 aliphatic rings. The van der Waals surface area contributed by atoms with E-state index in [0.717, 1.165) is 16.2 Å². The van der Waals surface area contributed by atoms with Crippen molar-refractivity contribution < 1.29 is 48.0 Å². The summed E-state index contributed by atoms with van der Waals surface area (Å²) < 4.78 is 17.9. The van der Waals surface area contributed by atoms with Gasteiger partial charge in [0.25, 0.3) is 5.72 Å². The van der Waals surface area contributed by atoms with Crippen LogP contribution in [0, 0.1) is 11.8 Å². The lowest BCUT2D eigenvalue weighted by Gasteiger charge is -2.56. The molecule has 3 aliphatic heterocycles. The number of amides is 1. The molecule has 1 aromatic heterocycles. The number of rotatable bonds is 8. The van der Waals surface area contributed by atoms with Gasteiger partial charge in [-0.3, -0.25) is 23.5 Å². The summed E-state index contributed by atoms with van der Waals surface area (Å²) >= 11 is 0.985. The quantitative estimate of drug-likeness (QED) is 0.163. The van der Waals surface area contributed by atoms with Crippen molar-refractivity contribution in [3.63, 3.8) is 0 Å². The normalized spacial score (nSPS) is 30.1. The van der Waals surface area contributed by atoms with Crippen LogP contribution >= 0.6 is 11.3 Å².